The summed E-state index contributed by atoms with van der Waals surface area (Å²) in [7, 11) is 0. The van der Waals surface area contributed by atoms with Crippen LogP contribution in [0, 0.1) is 5.82 Å². The monoisotopic (exact) mass is 819 g/mol. The van der Waals surface area contributed by atoms with Gasteiger partial charge in [-0.15, -0.1) is 11.3 Å². The number of H-pyrrole nitrogens is 2. The van der Waals surface area contributed by atoms with Crippen LogP contribution in [-0.4, -0.2) is 70.8 Å². The largest absolute Gasteiger partial charge is 0.464 e. The predicted octanol–water partition coefficient (Wildman–Crippen LogP) is 10.9. The van der Waals surface area contributed by atoms with Crippen molar-refractivity contribution < 1.29 is 28.2 Å². The fraction of sp³-hybridized carbons (Fsp3) is 0.422. The van der Waals surface area contributed by atoms with E-state index in [2.05, 4.69) is 43.8 Å². The molecule has 0 spiro atoms. The lowest BCUT2D eigenvalue weighted by molar-refractivity contribution is 0.0214. The van der Waals surface area contributed by atoms with Crippen molar-refractivity contribution in [3.8, 4) is 39.5 Å². The first kappa shape index (κ1) is 38.9. The number of thiophene rings is 1. The highest BCUT2D eigenvalue weighted by Gasteiger charge is 2.36. The Bertz CT molecular complexity index is 2570. The number of rotatable bonds is 8. The molecule has 2 aromatic carbocycles. The second-order valence-corrected chi connectivity index (χ2v) is 18.9. The molecule has 3 aliphatic rings. The fourth-order valence-electron chi connectivity index (χ4n) is 8.02. The quantitative estimate of drug-likeness (QED) is 0.156. The molecule has 2 N–H and O–H groups in total. The zero-order valence-electron chi connectivity index (χ0n) is 34.5. The van der Waals surface area contributed by atoms with Gasteiger partial charge in [0.1, 0.15) is 34.4 Å². The Balaban J connectivity index is 1.05. The van der Waals surface area contributed by atoms with Crippen molar-refractivity contribution in [2.75, 3.05) is 13.1 Å². The number of amides is 2. The molecule has 1 saturated carbocycles. The molecule has 14 heteroatoms. The van der Waals surface area contributed by atoms with Gasteiger partial charge in [0.05, 0.1) is 58.0 Å². The summed E-state index contributed by atoms with van der Waals surface area (Å²) in [6.07, 6.45) is 6.23. The van der Waals surface area contributed by atoms with E-state index in [1.165, 1.54) is 23.8 Å². The first-order valence-corrected chi connectivity index (χ1v) is 21.3. The van der Waals surface area contributed by atoms with Gasteiger partial charge in [0.25, 0.3) is 0 Å². The summed E-state index contributed by atoms with van der Waals surface area (Å²) in [5.74, 6) is 1.88. The number of nitrogens with one attached hydrogen (secondary N) is 2. The zero-order valence-corrected chi connectivity index (χ0v) is 35.3. The summed E-state index contributed by atoms with van der Waals surface area (Å²) >= 11 is 1.75. The van der Waals surface area contributed by atoms with E-state index < -0.39 is 29.3 Å². The van der Waals surface area contributed by atoms with Gasteiger partial charge < -0.3 is 29.1 Å². The van der Waals surface area contributed by atoms with Crippen LogP contribution in [-0.2, 0) is 16.0 Å². The number of ether oxygens (including phenoxy) is 3. The van der Waals surface area contributed by atoms with Crippen molar-refractivity contribution in [2.24, 2.45) is 0 Å². The number of nitrogens with zero attached hydrogens (tertiary/aromatic N) is 5. The molecule has 0 radical (unpaired) electrons. The molecular formula is C45H50FN7O5S. The van der Waals surface area contributed by atoms with E-state index in [0.29, 0.717) is 47.4 Å². The third-order valence-corrected chi connectivity index (χ3v) is 12.2. The summed E-state index contributed by atoms with van der Waals surface area (Å²) in [6, 6.07) is 15.7. The van der Waals surface area contributed by atoms with Crippen LogP contribution in [0.5, 0.6) is 5.75 Å². The van der Waals surface area contributed by atoms with Crippen molar-refractivity contribution in [1.82, 2.24) is 34.3 Å². The number of aromatic nitrogens is 5. The zero-order chi connectivity index (χ0) is 41.4. The summed E-state index contributed by atoms with van der Waals surface area (Å²) < 4.78 is 36.9. The Labute approximate surface area is 346 Å². The molecule has 0 bridgehead atoms. The van der Waals surface area contributed by atoms with Crippen molar-refractivity contribution in [3.05, 3.63) is 88.1 Å². The van der Waals surface area contributed by atoms with E-state index >= 15 is 4.39 Å². The van der Waals surface area contributed by atoms with Gasteiger partial charge >= 0.3 is 12.2 Å². The molecule has 1 unspecified atom stereocenters. The second-order valence-electron chi connectivity index (χ2n) is 17.7. The van der Waals surface area contributed by atoms with Gasteiger partial charge in [-0.1, -0.05) is 6.07 Å². The minimum atomic E-state index is -0.624. The van der Waals surface area contributed by atoms with Crippen LogP contribution in [0.1, 0.15) is 114 Å². The van der Waals surface area contributed by atoms with Crippen LogP contribution in [0.2, 0.25) is 0 Å². The standard InChI is InChI=1S/C45H50FN7O5S/c1-8-51(42(54)57-44(2,3)4)24-38-47-22-31(49-38)27-19-29(46)39-34-20-28-18-26(30-23-48-40(50-30)33-10-9-17-52(33)43(55)58-45(5,6)7)13-14-32(28)53(34)41(56-35(39)21-27)37-16-15-36(59-37)25-11-12-25/h13-16,18-23,25,33,41H,8-12,17,24H2,1-7H3,(H,47,49)(H,48,50)/t33-,41?/m0/s1. The topological polar surface area (TPSA) is 131 Å². The molecule has 1 saturated heterocycles. The number of hydrogen-bond acceptors (Lipinski definition) is 8. The number of aromatic amines is 2. The normalized spacial score (nSPS) is 17.8. The average Bonchev–Trinajstić information content (AvgIpc) is 3.74. The van der Waals surface area contributed by atoms with Crippen LogP contribution >= 0.6 is 11.3 Å². The predicted molar refractivity (Wildman–Crippen MR) is 225 cm³/mol. The van der Waals surface area contributed by atoms with Gasteiger partial charge in [0.2, 0.25) is 6.23 Å². The number of benzene rings is 2. The van der Waals surface area contributed by atoms with Crippen molar-refractivity contribution in [2.45, 2.75) is 110 Å². The summed E-state index contributed by atoms with van der Waals surface area (Å²) in [6.45, 7) is 14.3. The SMILES string of the molecule is CCN(Cc1ncc(-c2cc(F)c3c(c2)OC(c2ccc(C4CC4)s2)n2c-3cc3cc(-c4cnc([C@@H]5CCCN5C(=O)OC(C)(C)C)[nH]4)ccc32)[nH]1)C(=O)OC(C)(C)C. The molecule has 4 aromatic heterocycles. The van der Waals surface area contributed by atoms with Gasteiger partial charge in [0, 0.05) is 34.5 Å². The summed E-state index contributed by atoms with van der Waals surface area (Å²) in [5, 5.41) is 0.928. The number of imidazole rings is 2. The number of carbonyl (C=O) groups is 2. The molecule has 59 heavy (non-hydrogen) atoms. The van der Waals surface area contributed by atoms with Gasteiger partial charge in [-0.05, 0) is 123 Å². The molecule has 2 amide bonds. The van der Waals surface area contributed by atoms with E-state index in [4.69, 9.17) is 19.2 Å². The van der Waals surface area contributed by atoms with E-state index in [9.17, 15) is 9.59 Å². The van der Waals surface area contributed by atoms with Crippen LogP contribution in [0.15, 0.2) is 60.9 Å². The number of halogens is 1. The molecule has 6 heterocycles. The molecule has 6 aromatic rings. The maximum Gasteiger partial charge on any atom is 0.410 e. The molecular weight excluding hydrogens is 770 g/mol. The van der Waals surface area contributed by atoms with Gasteiger partial charge in [-0.3, -0.25) is 9.47 Å². The highest BCUT2D eigenvalue weighted by molar-refractivity contribution is 7.12. The Morgan fingerprint density at radius 3 is 2.41 bits per heavy atom. The fourth-order valence-corrected chi connectivity index (χ4v) is 9.22. The van der Waals surface area contributed by atoms with Crippen LogP contribution in [0.25, 0.3) is 44.7 Å². The van der Waals surface area contributed by atoms with Gasteiger partial charge in [-0.2, -0.15) is 0 Å². The Morgan fingerprint density at radius 2 is 1.66 bits per heavy atom. The maximum absolute atomic E-state index is 16.6. The van der Waals surface area contributed by atoms with E-state index in [1.54, 1.807) is 27.3 Å². The molecule has 2 atom stereocenters. The first-order chi connectivity index (χ1) is 28.1. The van der Waals surface area contributed by atoms with E-state index in [1.807, 2.05) is 72.9 Å². The lowest BCUT2D eigenvalue weighted by atomic mass is 10.0. The lowest BCUT2D eigenvalue weighted by Crippen LogP contribution is -2.36. The molecule has 2 aliphatic heterocycles. The molecule has 2 fully saturated rings. The van der Waals surface area contributed by atoms with Gasteiger partial charge in [-0.25, -0.2) is 23.9 Å². The van der Waals surface area contributed by atoms with E-state index in [0.717, 1.165) is 51.4 Å². The smallest absolute Gasteiger partial charge is 0.410 e. The van der Waals surface area contributed by atoms with Crippen LogP contribution in [0.4, 0.5) is 14.0 Å². The molecule has 9 rings (SSSR count). The maximum atomic E-state index is 16.6. The Hall–Kier alpha value is -5.63. The number of likely N-dealkylation sites (tertiary alicyclic amines) is 1. The van der Waals surface area contributed by atoms with Crippen LogP contribution < -0.4 is 4.74 Å². The number of carbonyl (C=O) groups excluding carboxylic acids is 2. The van der Waals surface area contributed by atoms with E-state index in [-0.39, 0.29) is 18.7 Å². The minimum Gasteiger partial charge on any atom is -0.464 e. The highest BCUT2D eigenvalue weighted by Crippen LogP contribution is 2.50. The third kappa shape index (κ3) is 7.70. The average molecular weight is 820 g/mol. The highest BCUT2D eigenvalue weighted by atomic mass is 32.1. The second kappa shape index (κ2) is 14.6. The molecule has 12 nitrogen and oxygen atoms in total. The van der Waals surface area contributed by atoms with Crippen molar-refractivity contribution in [3.63, 3.8) is 0 Å². The third-order valence-electron chi connectivity index (χ3n) is 10.9. The van der Waals surface area contributed by atoms with Crippen LogP contribution in [0.3, 0.4) is 0 Å². The summed E-state index contributed by atoms with van der Waals surface area (Å²) in [4.78, 5) is 47.6. The summed E-state index contributed by atoms with van der Waals surface area (Å²) in [5.41, 5.74) is 3.75. The van der Waals surface area contributed by atoms with Gasteiger partial charge in [0.15, 0.2) is 0 Å². The molecule has 1 aliphatic carbocycles. The van der Waals surface area contributed by atoms with Crippen molar-refractivity contribution in [1.29, 1.82) is 0 Å². The first-order valence-electron chi connectivity index (χ1n) is 20.4. The van der Waals surface area contributed by atoms with Crippen molar-refractivity contribution >= 4 is 34.4 Å². The molecule has 308 valence electrons. The Kier molecular flexibility index (Phi) is 9.60. The minimum absolute atomic E-state index is 0.200. The number of fused-ring (bicyclic) bond motifs is 5. The lowest BCUT2D eigenvalue weighted by Gasteiger charge is -2.30. The Morgan fingerprint density at radius 1 is 0.915 bits per heavy atom. The number of hydrogen-bond donors (Lipinski definition) is 2.